The van der Waals surface area contributed by atoms with Crippen molar-refractivity contribution in [2.24, 2.45) is 5.84 Å². The second kappa shape index (κ2) is 6.36. The van der Waals surface area contributed by atoms with Gasteiger partial charge in [-0.3, -0.25) is 10.1 Å². The number of hydrazine groups is 1. The van der Waals surface area contributed by atoms with Crippen molar-refractivity contribution in [3.05, 3.63) is 16.4 Å². The van der Waals surface area contributed by atoms with Crippen molar-refractivity contribution in [1.29, 1.82) is 0 Å². The predicted octanol–water partition coefficient (Wildman–Crippen LogP) is 0.858. The Morgan fingerprint density at radius 2 is 2.33 bits per heavy atom. The SMILES string of the molecule is CSCC(C)N(C)c1ncnc(NN)c1[N+](=O)[O-]. The monoisotopic (exact) mass is 272 g/mol. The Balaban J connectivity index is 3.19. The molecule has 0 aliphatic rings. The van der Waals surface area contributed by atoms with Crippen LogP contribution in [0, 0.1) is 10.1 Å². The maximum atomic E-state index is 11.1. The number of nitrogens with two attached hydrogens (primary N) is 1. The molecule has 18 heavy (non-hydrogen) atoms. The van der Waals surface area contributed by atoms with Crippen LogP contribution in [0.15, 0.2) is 6.33 Å². The number of aromatic nitrogens is 2. The fourth-order valence-corrected chi connectivity index (χ4v) is 2.17. The van der Waals surface area contributed by atoms with Crippen molar-refractivity contribution in [2.75, 3.05) is 29.4 Å². The predicted molar refractivity (Wildman–Crippen MR) is 72.7 cm³/mol. The van der Waals surface area contributed by atoms with Gasteiger partial charge in [-0.1, -0.05) is 0 Å². The molecule has 0 bridgehead atoms. The Kier molecular flexibility index (Phi) is 5.10. The second-order valence-electron chi connectivity index (χ2n) is 3.71. The Morgan fingerprint density at radius 1 is 1.67 bits per heavy atom. The molecule has 0 radical (unpaired) electrons. The van der Waals surface area contributed by atoms with Gasteiger partial charge < -0.3 is 10.3 Å². The van der Waals surface area contributed by atoms with Gasteiger partial charge in [-0.05, 0) is 13.2 Å². The number of hydrogen-bond acceptors (Lipinski definition) is 8. The first kappa shape index (κ1) is 14.5. The van der Waals surface area contributed by atoms with E-state index in [1.54, 1.807) is 23.7 Å². The summed E-state index contributed by atoms with van der Waals surface area (Å²) in [6, 6.07) is 0.110. The Hall–Kier alpha value is -1.61. The van der Waals surface area contributed by atoms with Gasteiger partial charge in [0.2, 0.25) is 11.6 Å². The summed E-state index contributed by atoms with van der Waals surface area (Å²) in [5.74, 6) is 6.32. The minimum absolute atomic E-state index is 0.00759. The topological polar surface area (TPSA) is 110 Å². The third-order valence-electron chi connectivity index (χ3n) is 2.53. The van der Waals surface area contributed by atoms with Gasteiger partial charge in [-0.2, -0.15) is 11.8 Å². The van der Waals surface area contributed by atoms with E-state index in [1.807, 2.05) is 13.2 Å². The molecule has 0 aliphatic heterocycles. The van der Waals surface area contributed by atoms with Crippen molar-refractivity contribution in [3.8, 4) is 0 Å². The van der Waals surface area contributed by atoms with Crippen LogP contribution in [0.4, 0.5) is 17.3 Å². The van der Waals surface area contributed by atoms with Crippen molar-refractivity contribution in [1.82, 2.24) is 9.97 Å². The van der Waals surface area contributed by atoms with Gasteiger partial charge in [0, 0.05) is 18.8 Å². The molecule has 0 aliphatic carbocycles. The summed E-state index contributed by atoms with van der Waals surface area (Å²) in [7, 11) is 1.76. The van der Waals surface area contributed by atoms with Crippen LogP contribution in [0.2, 0.25) is 0 Å². The standard InChI is InChI=1S/C9H16N6O2S/c1-6(4-18-3)14(2)9-7(15(16)17)8(13-10)11-5-12-9/h5-6H,4,10H2,1-3H3,(H,11,12,13). The van der Waals surface area contributed by atoms with Gasteiger partial charge in [0.15, 0.2) is 0 Å². The highest BCUT2D eigenvalue weighted by molar-refractivity contribution is 7.98. The number of anilines is 2. The fraction of sp³-hybridized carbons (Fsp3) is 0.556. The van der Waals surface area contributed by atoms with Crippen LogP contribution in [-0.2, 0) is 0 Å². The van der Waals surface area contributed by atoms with Crippen LogP contribution in [0.1, 0.15) is 6.92 Å². The third kappa shape index (κ3) is 2.99. The first-order chi connectivity index (χ1) is 8.52. The van der Waals surface area contributed by atoms with E-state index in [4.69, 9.17) is 5.84 Å². The van der Waals surface area contributed by atoms with E-state index < -0.39 is 4.92 Å². The quantitative estimate of drug-likeness (QED) is 0.445. The first-order valence-corrected chi connectivity index (χ1v) is 6.60. The summed E-state index contributed by atoms with van der Waals surface area (Å²) in [6.45, 7) is 1.97. The Morgan fingerprint density at radius 3 is 2.83 bits per heavy atom. The van der Waals surface area contributed by atoms with Crippen LogP contribution in [0.25, 0.3) is 0 Å². The number of nitrogen functional groups attached to an aromatic ring is 1. The normalized spacial score (nSPS) is 12.0. The van der Waals surface area contributed by atoms with E-state index in [0.29, 0.717) is 0 Å². The molecule has 0 fully saturated rings. The lowest BCUT2D eigenvalue weighted by molar-refractivity contribution is -0.383. The fourth-order valence-electron chi connectivity index (χ4n) is 1.46. The molecule has 1 unspecified atom stereocenters. The average Bonchev–Trinajstić information content (AvgIpc) is 2.36. The van der Waals surface area contributed by atoms with Gasteiger partial charge in [0.25, 0.3) is 0 Å². The number of rotatable bonds is 6. The second-order valence-corrected chi connectivity index (χ2v) is 4.62. The molecule has 1 heterocycles. The molecule has 1 atom stereocenters. The number of thioether (sulfide) groups is 1. The van der Waals surface area contributed by atoms with E-state index in [-0.39, 0.29) is 23.4 Å². The van der Waals surface area contributed by atoms with E-state index >= 15 is 0 Å². The summed E-state index contributed by atoms with van der Waals surface area (Å²) in [5.41, 5.74) is 2.01. The highest BCUT2D eigenvalue weighted by Gasteiger charge is 2.26. The van der Waals surface area contributed by atoms with Gasteiger partial charge in [-0.15, -0.1) is 0 Å². The summed E-state index contributed by atoms with van der Waals surface area (Å²) >= 11 is 1.66. The summed E-state index contributed by atoms with van der Waals surface area (Å²) in [5, 5.41) is 11.1. The molecule has 0 spiro atoms. The van der Waals surface area contributed by atoms with E-state index in [0.717, 1.165) is 5.75 Å². The molecular formula is C9H16N6O2S. The van der Waals surface area contributed by atoms with Gasteiger partial charge in [0.1, 0.15) is 6.33 Å². The molecule has 1 rings (SSSR count). The third-order valence-corrected chi connectivity index (χ3v) is 3.34. The molecule has 0 aromatic carbocycles. The average molecular weight is 272 g/mol. The first-order valence-electron chi connectivity index (χ1n) is 5.20. The minimum atomic E-state index is -0.535. The molecule has 9 heteroatoms. The van der Waals surface area contributed by atoms with Crippen LogP contribution in [0.3, 0.4) is 0 Å². The van der Waals surface area contributed by atoms with E-state index in [9.17, 15) is 10.1 Å². The molecule has 100 valence electrons. The molecule has 0 saturated carbocycles. The van der Waals surface area contributed by atoms with E-state index in [1.165, 1.54) is 6.33 Å². The molecule has 0 amide bonds. The lowest BCUT2D eigenvalue weighted by atomic mass is 10.3. The molecule has 1 aromatic rings. The minimum Gasteiger partial charge on any atom is -0.350 e. The zero-order valence-corrected chi connectivity index (χ0v) is 11.3. The summed E-state index contributed by atoms with van der Waals surface area (Å²) < 4.78 is 0. The molecule has 1 aromatic heterocycles. The lowest BCUT2D eigenvalue weighted by Gasteiger charge is -2.25. The summed E-state index contributed by atoms with van der Waals surface area (Å²) in [6.07, 6.45) is 3.23. The number of hydrogen-bond donors (Lipinski definition) is 2. The lowest BCUT2D eigenvalue weighted by Crippen LogP contribution is -2.32. The van der Waals surface area contributed by atoms with E-state index in [2.05, 4.69) is 15.4 Å². The molecule has 3 N–H and O–H groups in total. The van der Waals surface area contributed by atoms with Crippen LogP contribution >= 0.6 is 11.8 Å². The largest absolute Gasteiger partial charge is 0.354 e. The van der Waals surface area contributed by atoms with Crippen molar-refractivity contribution in [3.63, 3.8) is 0 Å². The van der Waals surface area contributed by atoms with Crippen LogP contribution in [-0.4, -0.2) is 40.0 Å². The van der Waals surface area contributed by atoms with Gasteiger partial charge >= 0.3 is 5.69 Å². The van der Waals surface area contributed by atoms with Crippen LogP contribution in [0.5, 0.6) is 0 Å². The van der Waals surface area contributed by atoms with Crippen molar-refractivity contribution >= 4 is 29.1 Å². The Labute approximate surface area is 109 Å². The maximum Gasteiger partial charge on any atom is 0.354 e. The zero-order chi connectivity index (χ0) is 13.7. The van der Waals surface area contributed by atoms with Gasteiger partial charge in [0.05, 0.1) is 4.92 Å². The van der Waals surface area contributed by atoms with Crippen LogP contribution < -0.4 is 16.2 Å². The Bertz CT molecular complexity index is 430. The van der Waals surface area contributed by atoms with Crippen molar-refractivity contribution in [2.45, 2.75) is 13.0 Å². The number of nitrogens with zero attached hydrogens (tertiary/aromatic N) is 4. The molecule has 0 saturated heterocycles. The summed E-state index contributed by atoms with van der Waals surface area (Å²) in [4.78, 5) is 20.0. The van der Waals surface area contributed by atoms with Gasteiger partial charge in [-0.25, -0.2) is 15.8 Å². The zero-order valence-electron chi connectivity index (χ0n) is 10.5. The molecular weight excluding hydrogens is 256 g/mol. The number of nitrogens with one attached hydrogen (secondary N) is 1. The highest BCUT2D eigenvalue weighted by Crippen LogP contribution is 2.31. The maximum absolute atomic E-state index is 11.1. The highest BCUT2D eigenvalue weighted by atomic mass is 32.2. The smallest absolute Gasteiger partial charge is 0.350 e. The number of nitro groups is 1. The van der Waals surface area contributed by atoms with Crippen molar-refractivity contribution < 1.29 is 4.92 Å². The molecule has 8 nitrogen and oxygen atoms in total.